The van der Waals surface area contributed by atoms with E-state index in [2.05, 4.69) is 4.98 Å². The Morgan fingerprint density at radius 1 is 1.50 bits per heavy atom. The van der Waals surface area contributed by atoms with E-state index in [-0.39, 0.29) is 29.7 Å². The Morgan fingerprint density at radius 2 is 2.17 bits per heavy atom. The molecular weight excluding hydrogens is 327 g/mol. The van der Waals surface area contributed by atoms with Gasteiger partial charge in [-0.05, 0) is 23.5 Å². The molecule has 2 atom stereocenters. The van der Waals surface area contributed by atoms with Crippen LogP contribution in [0, 0.1) is 17.3 Å². The highest BCUT2D eigenvalue weighted by atomic mass is 32.1. The molecule has 0 aromatic carbocycles. The second-order valence-electron chi connectivity index (χ2n) is 6.86. The minimum Gasteiger partial charge on any atom is -0.423 e. The van der Waals surface area contributed by atoms with Gasteiger partial charge in [-0.15, -0.1) is 11.3 Å². The van der Waals surface area contributed by atoms with Crippen molar-refractivity contribution < 1.29 is 19.6 Å². The third-order valence-electron chi connectivity index (χ3n) is 5.14. The van der Waals surface area contributed by atoms with Crippen molar-refractivity contribution in [2.24, 2.45) is 17.3 Å². The summed E-state index contributed by atoms with van der Waals surface area (Å²) in [7, 11) is -1.58. The van der Waals surface area contributed by atoms with Crippen molar-refractivity contribution in [3.63, 3.8) is 0 Å². The molecule has 8 heteroatoms. The van der Waals surface area contributed by atoms with Crippen LogP contribution >= 0.6 is 11.3 Å². The normalized spacial score (nSPS) is 21.5. The number of pyridine rings is 1. The molecule has 3 rings (SSSR count). The van der Waals surface area contributed by atoms with Gasteiger partial charge in [-0.1, -0.05) is 20.8 Å². The van der Waals surface area contributed by atoms with Crippen LogP contribution in [0.4, 0.5) is 0 Å². The van der Waals surface area contributed by atoms with E-state index in [1.54, 1.807) is 12.1 Å². The molecule has 0 spiro atoms. The monoisotopic (exact) mass is 346 g/mol. The number of thiophene rings is 1. The molecule has 2 aromatic rings. The van der Waals surface area contributed by atoms with Gasteiger partial charge >= 0.3 is 7.12 Å². The molecule has 1 fully saturated rings. The van der Waals surface area contributed by atoms with E-state index in [0.29, 0.717) is 22.1 Å². The van der Waals surface area contributed by atoms with Crippen LogP contribution < -0.4 is 5.46 Å². The first-order chi connectivity index (χ1) is 11.3. The Labute approximate surface area is 144 Å². The van der Waals surface area contributed by atoms with E-state index >= 15 is 0 Å². The lowest BCUT2D eigenvalue weighted by Gasteiger charge is -2.15. The summed E-state index contributed by atoms with van der Waals surface area (Å²) in [6, 6.07) is 3.32. The van der Waals surface area contributed by atoms with Gasteiger partial charge < -0.3 is 10.0 Å². The van der Waals surface area contributed by atoms with E-state index < -0.39 is 7.12 Å². The molecule has 0 aliphatic heterocycles. The van der Waals surface area contributed by atoms with Gasteiger partial charge in [0.2, 0.25) is 12.3 Å². The number of hydrogen-bond donors (Lipinski definition) is 2. The first kappa shape index (κ1) is 17.1. The first-order valence-electron chi connectivity index (χ1n) is 7.76. The highest BCUT2D eigenvalue weighted by Gasteiger charge is 2.59. The predicted molar refractivity (Wildman–Crippen MR) is 92.5 cm³/mol. The number of aromatic nitrogens is 1. The van der Waals surface area contributed by atoms with E-state index in [1.807, 2.05) is 20.8 Å². The van der Waals surface area contributed by atoms with E-state index in [4.69, 9.17) is 0 Å². The van der Waals surface area contributed by atoms with Crippen LogP contribution in [0.15, 0.2) is 18.3 Å². The number of carbonyl (C=O) groups is 2. The molecule has 1 saturated carbocycles. The summed E-state index contributed by atoms with van der Waals surface area (Å²) < 4.78 is 0.654. The zero-order chi connectivity index (χ0) is 17.6. The highest BCUT2D eigenvalue weighted by Crippen LogP contribution is 2.58. The summed E-state index contributed by atoms with van der Waals surface area (Å²) in [4.78, 5) is 30.1. The average molecular weight is 346 g/mol. The smallest absolute Gasteiger partial charge is 0.423 e. The van der Waals surface area contributed by atoms with Crippen LogP contribution in [-0.2, 0) is 16.1 Å². The van der Waals surface area contributed by atoms with Crippen molar-refractivity contribution in [2.45, 2.75) is 27.3 Å². The minimum atomic E-state index is -1.58. The fourth-order valence-electron chi connectivity index (χ4n) is 3.23. The second kappa shape index (κ2) is 5.95. The van der Waals surface area contributed by atoms with Crippen LogP contribution in [0.25, 0.3) is 10.2 Å². The molecule has 6 nitrogen and oxygen atoms in total. The lowest BCUT2D eigenvalue weighted by molar-refractivity contribution is -0.140. The summed E-state index contributed by atoms with van der Waals surface area (Å²) >= 11 is 1.31. The van der Waals surface area contributed by atoms with Crippen molar-refractivity contribution in [3.05, 3.63) is 23.2 Å². The molecule has 2 aromatic heterocycles. The van der Waals surface area contributed by atoms with Gasteiger partial charge in [0.1, 0.15) is 0 Å². The number of fused-ring (bicyclic) bond motifs is 1. The lowest BCUT2D eigenvalue weighted by Crippen LogP contribution is -2.31. The summed E-state index contributed by atoms with van der Waals surface area (Å²) in [6.07, 6.45) is 2.08. The van der Waals surface area contributed by atoms with Gasteiger partial charge in [0.15, 0.2) is 0 Å². The Kier molecular flexibility index (Phi) is 4.23. The molecule has 24 heavy (non-hydrogen) atoms. The third kappa shape index (κ3) is 2.74. The number of amides is 2. The average Bonchev–Trinajstić information content (AvgIpc) is 2.86. The lowest BCUT2D eigenvalue weighted by atomic mass is 9.81. The maximum atomic E-state index is 12.6. The number of imide groups is 1. The van der Waals surface area contributed by atoms with Gasteiger partial charge in [-0.3, -0.25) is 19.5 Å². The van der Waals surface area contributed by atoms with Crippen molar-refractivity contribution in [2.75, 3.05) is 0 Å². The molecule has 0 saturated heterocycles. The van der Waals surface area contributed by atoms with Crippen LogP contribution in [0.1, 0.15) is 25.6 Å². The van der Waals surface area contributed by atoms with E-state index in [9.17, 15) is 19.6 Å². The van der Waals surface area contributed by atoms with Gasteiger partial charge in [0.05, 0.1) is 16.8 Å². The summed E-state index contributed by atoms with van der Waals surface area (Å²) in [6.45, 7) is 6.25. The van der Waals surface area contributed by atoms with Gasteiger partial charge in [-0.25, -0.2) is 0 Å². The fourth-order valence-corrected chi connectivity index (χ4v) is 4.37. The Hall–Kier alpha value is -1.77. The van der Waals surface area contributed by atoms with Gasteiger partial charge in [0.25, 0.3) is 0 Å². The molecule has 1 aliphatic carbocycles. The summed E-state index contributed by atoms with van der Waals surface area (Å²) in [5, 5.41) is 18.9. The SMILES string of the molecule is CC1C(C(=O)N(C=O)Cc2cc3nccc(B(O)O)c3s2)C1(C)C. The number of hydrogen-bond acceptors (Lipinski definition) is 6. The van der Waals surface area contributed by atoms with Crippen molar-refractivity contribution >= 4 is 46.5 Å². The third-order valence-corrected chi connectivity index (χ3v) is 6.30. The number of nitrogens with zero attached hydrogens (tertiary/aromatic N) is 2. The van der Waals surface area contributed by atoms with Crippen LogP contribution in [0.2, 0.25) is 0 Å². The van der Waals surface area contributed by atoms with Crippen molar-refractivity contribution in [1.82, 2.24) is 9.88 Å². The number of carbonyl (C=O) groups excluding carboxylic acids is 2. The Bertz CT molecular complexity index is 804. The summed E-state index contributed by atoms with van der Waals surface area (Å²) in [5.74, 6) is -0.0342. The largest absolute Gasteiger partial charge is 0.490 e. The molecule has 2 amide bonds. The maximum absolute atomic E-state index is 12.6. The zero-order valence-electron chi connectivity index (χ0n) is 13.8. The summed E-state index contributed by atoms with van der Waals surface area (Å²) in [5.41, 5.74) is 0.921. The van der Waals surface area contributed by atoms with Gasteiger partial charge in [-0.2, -0.15) is 0 Å². The zero-order valence-corrected chi connectivity index (χ0v) is 14.6. The van der Waals surface area contributed by atoms with Crippen molar-refractivity contribution in [1.29, 1.82) is 0 Å². The predicted octanol–water partition coefficient (Wildman–Crippen LogP) is 0.753. The fraction of sp³-hybridized carbons (Fsp3) is 0.438. The molecule has 2 N–H and O–H groups in total. The van der Waals surface area contributed by atoms with E-state index in [1.165, 1.54) is 22.4 Å². The molecule has 2 heterocycles. The molecule has 1 aliphatic rings. The first-order valence-corrected chi connectivity index (χ1v) is 8.58. The topological polar surface area (TPSA) is 90.7 Å². The second-order valence-corrected chi connectivity index (χ2v) is 8.00. The van der Waals surface area contributed by atoms with Crippen LogP contribution in [0.3, 0.4) is 0 Å². The molecule has 126 valence electrons. The van der Waals surface area contributed by atoms with Crippen molar-refractivity contribution in [3.8, 4) is 0 Å². The van der Waals surface area contributed by atoms with E-state index in [0.717, 1.165) is 4.88 Å². The number of rotatable bonds is 5. The molecule has 0 bridgehead atoms. The van der Waals surface area contributed by atoms with Crippen LogP contribution in [0.5, 0.6) is 0 Å². The minimum absolute atomic E-state index is 0.0752. The molecular formula is C16H19BN2O4S. The van der Waals surface area contributed by atoms with Crippen LogP contribution in [-0.4, -0.2) is 39.4 Å². The molecule has 0 radical (unpaired) electrons. The quantitative estimate of drug-likeness (QED) is 0.616. The maximum Gasteiger partial charge on any atom is 0.490 e. The Balaban J connectivity index is 1.84. The van der Waals surface area contributed by atoms with Gasteiger partial charge in [0, 0.05) is 22.5 Å². The molecule has 2 unspecified atom stereocenters. The Morgan fingerprint density at radius 3 is 2.71 bits per heavy atom. The highest BCUT2D eigenvalue weighted by molar-refractivity contribution is 7.20. The standard InChI is InChI=1S/C16H19BN2O4S/c1-9-13(16(9,2)3)15(21)19(8-20)7-10-6-12-14(24-10)11(17(22)23)4-5-18-12/h4-6,8-9,13,22-23H,7H2,1-3H3.